The minimum absolute atomic E-state index is 0.261. The van der Waals surface area contributed by atoms with Crippen LogP contribution in [0, 0.1) is 5.92 Å². The Morgan fingerprint density at radius 1 is 0.529 bits per heavy atom. The second-order valence-corrected chi connectivity index (χ2v) is 14.3. The molecule has 0 saturated carbocycles. The van der Waals surface area contributed by atoms with Crippen LogP contribution >= 0.6 is 0 Å². The van der Waals surface area contributed by atoms with E-state index in [0.29, 0.717) is 5.92 Å². The Morgan fingerprint density at radius 3 is 2.24 bits per heavy atom. The van der Waals surface area contributed by atoms with Crippen molar-refractivity contribution in [3.63, 3.8) is 0 Å². The molecule has 0 N–H and O–H groups in total. The maximum Gasteiger partial charge on any atom is 0.143 e. The molecular formula is C49H31NO. The molecule has 3 aliphatic rings. The zero-order chi connectivity index (χ0) is 33.3. The van der Waals surface area contributed by atoms with Gasteiger partial charge in [0.1, 0.15) is 11.2 Å². The number of nitrogens with zero attached hydrogens (tertiary/aromatic N) is 1. The van der Waals surface area contributed by atoms with Crippen molar-refractivity contribution in [2.24, 2.45) is 5.92 Å². The summed E-state index contributed by atoms with van der Waals surface area (Å²) in [4.78, 5) is 0. The number of rotatable bonds is 2. The summed E-state index contributed by atoms with van der Waals surface area (Å²) in [7, 11) is 0. The van der Waals surface area contributed by atoms with Gasteiger partial charge >= 0.3 is 0 Å². The van der Waals surface area contributed by atoms with Gasteiger partial charge in [0.2, 0.25) is 0 Å². The van der Waals surface area contributed by atoms with E-state index in [4.69, 9.17) is 4.42 Å². The predicted molar refractivity (Wildman–Crippen MR) is 210 cm³/mol. The van der Waals surface area contributed by atoms with Crippen LogP contribution in [0.1, 0.15) is 28.2 Å². The molecular weight excluding hydrogens is 619 g/mol. The van der Waals surface area contributed by atoms with Gasteiger partial charge in [-0.1, -0.05) is 146 Å². The molecule has 2 nitrogen and oxygen atoms in total. The molecule has 2 heterocycles. The Morgan fingerprint density at radius 2 is 1.29 bits per heavy atom. The lowest BCUT2D eigenvalue weighted by Crippen LogP contribution is -2.33. The van der Waals surface area contributed by atoms with Crippen LogP contribution in [0.3, 0.4) is 0 Å². The molecule has 0 fully saturated rings. The lowest BCUT2D eigenvalue weighted by Gasteiger charge is -2.36. The molecule has 3 atom stereocenters. The van der Waals surface area contributed by atoms with Crippen LogP contribution in [0.15, 0.2) is 180 Å². The number of hydrogen-bond acceptors (Lipinski definition) is 1. The molecule has 0 radical (unpaired) electrons. The molecule has 0 aliphatic heterocycles. The number of fused-ring (bicyclic) bond motifs is 17. The first-order valence-corrected chi connectivity index (χ1v) is 17.9. The van der Waals surface area contributed by atoms with Gasteiger partial charge in [0, 0.05) is 50.2 Å². The number of allylic oxidation sites excluding steroid dienone is 4. The average molecular weight is 650 g/mol. The third-order valence-corrected chi connectivity index (χ3v) is 12.1. The lowest BCUT2D eigenvalue weighted by molar-refractivity contribution is 0.467. The van der Waals surface area contributed by atoms with E-state index in [1.807, 2.05) is 6.07 Å². The Balaban J connectivity index is 1.23. The van der Waals surface area contributed by atoms with Gasteiger partial charge in [-0.25, -0.2) is 0 Å². The second kappa shape index (κ2) is 9.87. The van der Waals surface area contributed by atoms with Crippen LogP contribution in [0.4, 0.5) is 0 Å². The highest BCUT2D eigenvalue weighted by Gasteiger charge is 2.58. The van der Waals surface area contributed by atoms with E-state index >= 15 is 0 Å². The van der Waals surface area contributed by atoms with Gasteiger partial charge in [0.05, 0.1) is 16.4 Å². The predicted octanol–water partition coefficient (Wildman–Crippen LogP) is 12.5. The van der Waals surface area contributed by atoms with Gasteiger partial charge in [0.15, 0.2) is 0 Å². The van der Waals surface area contributed by atoms with Crippen LogP contribution < -0.4 is 0 Å². The fourth-order valence-electron chi connectivity index (χ4n) is 10.2. The second-order valence-electron chi connectivity index (χ2n) is 14.3. The molecule has 3 aliphatic carbocycles. The van der Waals surface area contributed by atoms with E-state index in [9.17, 15) is 0 Å². The number of aromatic nitrogens is 1. The number of furan rings is 1. The standard InChI is InChI=1S/C49H31NO/c1-2-13-31(14-3-1)50-44-28-25-30(32-19-12-20-39-36-18-7-11-24-45(36)51-48(32)39)29-40(44)38-27-26-37-35-17-6-10-23-43(35)49(46(37)47(38)50)41-21-8-4-15-33(41)34-16-5-9-22-42(34)49/h1-29,33,41H. The van der Waals surface area contributed by atoms with Crippen molar-refractivity contribution >= 4 is 43.7 Å². The summed E-state index contributed by atoms with van der Waals surface area (Å²) < 4.78 is 9.08. The van der Waals surface area contributed by atoms with Gasteiger partial charge in [-0.05, 0) is 63.7 Å². The molecule has 51 heavy (non-hydrogen) atoms. The minimum Gasteiger partial charge on any atom is -0.455 e. The van der Waals surface area contributed by atoms with Gasteiger partial charge in [-0.15, -0.1) is 0 Å². The monoisotopic (exact) mass is 649 g/mol. The fourth-order valence-corrected chi connectivity index (χ4v) is 10.2. The Labute approximate surface area is 295 Å². The zero-order valence-electron chi connectivity index (χ0n) is 27.8. The molecule has 2 aromatic heterocycles. The Bertz CT molecular complexity index is 2990. The molecule has 238 valence electrons. The summed E-state index contributed by atoms with van der Waals surface area (Å²) in [6.07, 6.45) is 9.42. The van der Waals surface area contributed by atoms with Crippen LogP contribution in [0.5, 0.6) is 0 Å². The van der Waals surface area contributed by atoms with Crippen LogP contribution in [0.25, 0.3) is 71.7 Å². The van der Waals surface area contributed by atoms with Crippen LogP contribution in [0.2, 0.25) is 0 Å². The molecule has 9 aromatic rings. The largest absolute Gasteiger partial charge is 0.455 e. The van der Waals surface area contributed by atoms with Crippen molar-refractivity contribution in [2.45, 2.75) is 11.3 Å². The molecule has 3 unspecified atom stereocenters. The summed E-state index contributed by atoms with van der Waals surface area (Å²) in [6, 6.07) is 56.0. The summed E-state index contributed by atoms with van der Waals surface area (Å²) in [5, 5.41) is 4.82. The third kappa shape index (κ3) is 3.38. The first kappa shape index (κ1) is 27.4. The highest BCUT2D eigenvalue weighted by molar-refractivity contribution is 6.16. The summed E-state index contributed by atoms with van der Waals surface area (Å²) in [5.41, 5.74) is 15.8. The smallest absolute Gasteiger partial charge is 0.143 e. The average Bonchev–Trinajstić information content (AvgIpc) is 3.91. The van der Waals surface area contributed by atoms with E-state index in [-0.39, 0.29) is 11.3 Å². The summed E-state index contributed by atoms with van der Waals surface area (Å²) in [6.45, 7) is 0. The van der Waals surface area contributed by atoms with Crippen molar-refractivity contribution < 1.29 is 4.42 Å². The molecule has 0 saturated heterocycles. The molecule has 12 rings (SSSR count). The maximum atomic E-state index is 6.54. The molecule has 1 spiro atoms. The zero-order valence-corrected chi connectivity index (χ0v) is 27.8. The van der Waals surface area contributed by atoms with Crippen molar-refractivity contribution in [3.05, 3.63) is 198 Å². The van der Waals surface area contributed by atoms with E-state index in [1.54, 1.807) is 0 Å². The molecule has 0 amide bonds. The van der Waals surface area contributed by atoms with Gasteiger partial charge in [0.25, 0.3) is 0 Å². The molecule has 2 heteroatoms. The molecule has 0 bridgehead atoms. The maximum absolute atomic E-state index is 6.54. The van der Waals surface area contributed by atoms with Gasteiger partial charge < -0.3 is 8.98 Å². The first-order valence-electron chi connectivity index (χ1n) is 17.9. The number of hydrogen-bond donors (Lipinski definition) is 0. The lowest BCUT2D eigenvalue weighted by atomic mass is 9.65. The first-order chi connectivity index (χ1) is 25.3. The van der Waals surface area contributed by atoms with E-state index in [0.717, 1.165) is 33.1 Å². The third-order valence-electron chi connectivity index (χ3n) is 12.1. The van der Waals surface area contributed by atoms with E-state index < -0.39 is 0 Å². The highest BCUT2D eigenvalue weighted by Crippen LogP contribution is 2.66. The summed E-state index contributed by atoms with van der Waals surface area (Å²) >= 11 is 0. The van der Waals surface area contributed by atoms with Crippen LogP contribution in [-0.2, 0) is 5.41 Å². The van der Waals surface area contributed by atoms with Gasteiger partial charge in [-0.2, -0.15) is 0 Å². The van der Waals surface area contributed by atoms with Crippen molar-refractivity contribution in [3.8, 4) is 27.9 Å². The van der Waals surface area contributed by atoms with Gasteiger partial charge in [-0.3, -0.25) is 0 Å². The quantitative estimate of drug-likeness (QED) is 0.182. The van der Waals surface area contributed by atoms with Crippen molar-refractivity contribution in [2.75, 3.05) is 0 Å². The normalized spacial score (nSPS) is 19.7. The highest BCUT2D eigenvalue weighted by atomic mass is 16.3. The topological polar surface area (TPSA) is 18.1 Å². The molecule has 7 aromatic carbocycles. The Hall–Kier alpha value is -6.38. The number of para-hydroxylation sites is 3. The summed E-state index contributed by atoms with van der Waals surface area (Å²) in [5.74, 6) is 0.572. The Kier molecular flexibility index (Phi) is 5.31. The SMILES string of the molecule is C1=CC2c3ccccc3C3(c4ccccc4-c4ccc5c6cc(-c7cccc8c7oc7ccccc78)ccc6n(-c6ccccc6)c5c43)C2C=C1. The fraction of sp³-hybridized carbons (Fsp3) is 0.0612. The van der Waals surface area contributed by atoms with Crippen molar-refractivity contribution in [1.29, 1.82) is 0 Å². The van der Waals surface area contributed by atoms with E-state index in [2.05, 4.69) is 174 Å². The van der Waals surface area contributed by atoms with Crippen molar-refractivity contribution in [1.82, 2.24) is 4.57 Å². The minimum atomic E-state index is -0.336. The van der Waals surface area contributed by atoms with Crippen LogP contribution in [-0.4, -0.2) is 4.57 Å². The number of benzene rings is 7. The van der Waals surface area contributed by atoms with E-state index in [1.165, 1.54) is 60.9 Å².